The molecular formula is C4H9NO4Si. The predicted molar refractivity (Wildman–Crippen MR) is 35.4 cm³/mol. The molecule has 5 nitrogen and oxygen atoms in total. The van der Waals surface area contributed by atoms with Gasteiger partial charge in [-0.15, -0.1) is 0 Å². The molecule has 1 heterocycles. The Morgan fingerprint density at radius 3 is 1.30 bits per heavy atom. The molecule has 0 aliphatic carbocycles. The average Bonchev–Trinajstić information content (AvgIpc) is 2.07. The van der Waals surface area contributed by atoms with Crippen LogP contribution in [0.4, 0.5) is 0 Å². The van der Waals surface area contributed by atoms with Crippen molar-refractivity contribution in [3.8, 4) is 0 Å². The van der Waals surface area contributed by atoms with E-state index in [9.17, 15) is 0 Å². The van der Waals surface area contributed by atoms with Crippen molar-refractivity contribution in [3.63, 3.8) is 0 Å². The van der Waals surface area contributed by atoms with Crippen molar-refractivity contribution in [1.82, 2.24) is 4.98 Å². The molecule has 0 fully saturated rings. The summed E-state index contributed by atoms with van der Waals surface area (Å²) in [7, 11) is -4.61. The number of aromatic nitrogens is 1. The number of H-pyrrole nitrogens is 1. The summed E-state index contributed by atoms with van der Waals surface area (Å²) >= 11 is 0. The minimum absolute atomic E-state index is 1.88. The topological polar surface area (TPSA) is 96.7 Å². The molecule has 0 radical (unpaired) electrons. The Kier molecular flexibility index (Phi) is 3.92. The molecule has 0 aliphatic rings. The van der Waals surface area contributed by atoms with E-state index in [2.05, 4.69) is 4.98 Å². The van der Waals surface area contributed by atoms with Crippen LogP contribution in [0.1, 0.15) is 0 Å². The van der Waals surface area contributed by atoms with Gasteiger partial charge < -0.3 is 24.2 Å². The molecular weight excluding hydrogens is 154 g/mol. The third-order valence-electron chi connectivity index (χ3n) is 0.496. The van der Waals surface area contributed by atoms with Gasteiger partial charge in [-0.2, -0.15) is 0 Å². The first-order chi connectivity index (χ1) is 4.50. The molecule has 0 saturated carbocycles. The summed E-state index contributed by atoms with van der Waals surface area (Å²) in [6, 6.07) is 3.89. The third-order valence-corrected chi connectivity index (χ3v) is 0.496. The van der Waals surface area contributed by atoms with Gasteiger partial charge in [0.25, 0.3) is 0 Å². The van der Waals surface area contributed by atoms with Crippen LogP contribution in [0.3, 0.4) is 0 Å². The molecule has 5 N–H and O–H groups in total. The van der Waals surface area contributed by atoms with Crippen LogP contribution in [0.25, 0.3) is 0 Å². The van der Waals surface area contributed by atoms with Crippen molar-refractivity contribution in [2.45, 2.75) is 0 Å². The number of aromatic amines is 1. The molecule has 0 aromatic carbocycles. The van der Waals surface area contributed by atoms with E-state index in [0.29, 0.717) is 0 Å². The van der Waals surface area contributed by atoms with Crippen molar-refractivity contribution < 1.29 is 19.2 Å². The largest absolute Gasteiger partial charge is 0.668 e. The van der Waals surface area contributed by atoms with Crippen LogP contribution in [0, 0.1) is 0 Å². The van der Waals surface area contributed by atoms with E-state index in [-0.39, 0.29) is 0 Å². The van der Waals surface area contributed by atoms with E-state index < -0.39 is 9.05 Å². The maximum Gasteiger partial charge on any atom is 0.668 e. The molecule has 1 rings (SSSR count). The summed E-state index contributed by atoms with van der Waals surface area (Å²) in [5, 5.41) is 0. The molecule has 0 aliphatic heterocycles. The van der Waals surface area contributed by atoms with E-state index in [1.54, 1.807) is 0 Å². The van der Waals surface area contributed by atoms with Gasteiger partial charge in [-0.1, -0.05) is 0 Å². The Hall–Kier alpha value is -0.663. The van der Waals surface area contributed by atoms with Gasteiger partial charge in [0.15, 0.2) is 0 Å². The minimum Gasteiger partial charge on any atom is -0.368 e. The van der Waals surface area contributed by atoms with E-state index in [1.807, 2.05) is 24.5 Å². The Labute approximate surface area is 58.7 Å². The highest BCUT2D eigenvalue weighted by atomic mass is 28.4. The molecule has 0 atom stereocenters. The van der Waals surface area contributed by atoms with Gasteiger partial charge in [-0.3, -0.25) is 0 Å². The van der Waals surface area contributed by atoms with E-state index >= 15 is 0 Å². The number of nitrogens with one attached hydrogen (secondary N) is 1. The lowest BCUT2D eigenvalue weighted by molar-refractivity contribution is 0.117. The van der Waals surface area contributed by atoms with Crippen LogP contribution >= 0.6 is 0 Å². The Morgan fingerprint density at radius 2 is 1.20 bits per heavy atom. The fourth-order valence-electron chi connectivity index (χ4n) is 0.278. The van der Waals surface area contributed by atoms with Gasteiger partial charge in [-0.05, 0) is 12.1 Å². The Morgan fingerprint density at radius 1 is 0.900 bits per heavy atom. The number of hydrogen-bond acceptors (Lipinski definition) is 4. The summed E-state index contributed by atoms with van der Waals surface area (Å²) in [6.07, 6.45) is 3.75. The lowest BCUT2D eigenvalue weighted by Gasteiger charge is -1.91. The molecule has 0 amide bonds. The summed E-state index contributed by atoms with van der Waals surface area (Å²) in [4.78, 5) is 32.2. The van der Waals surface area contributed by atoms with E-state index in [4.69, 9.17) is 19.2 Å². The molecule has 6 heteroatoms. The predicted octanol–water partition coefficient (Wildman–Crippen LogP) is -1.59. The summed E-state index contributed by atoms with van der Waals surface area (Å²) in [5.41, 5.74) is 0. The quantitative estimate of drug-likeness (QED) is 0.298. The zero-order chi connectivity index (χ0) is 8.04. The average molecular weight is 163 g/mol. The van der Waals surface area contributed by atoms with E-state index in [1.165, 1.54) is 0 Å². The molecule has 58 valence electrons. The van der Waals surface area contributed by atoms with Gasteiger partial charge in [0.05, 0.1) is 0 Å². The second-order valence-corrected chi connectivity index (χ2v) is 2.68. The molecule has 0 unspecified atom stereocenters. The first-order valence-electron chi connectivity index (χ1n) is 2.47. The van der Waals surface area contributed by atoms with Gasteiger partial charge in [0, 0.05) is 12.4 Å². The van der Waals surface area contributed by atoms with Crippen LogP contribution in [0.5, 0.6) is 0 Å². The van der Waals surface area contributed by atoms with Crippen LogP contribution in [-0.4, -0.2) is 33.2 Å². The second kappa shape index (κ2) is 4.20. The van der Waals surface area contributed by atoms with Crippen LogP contribution in [0.2, 0.25) is 0 Å². The number of hydrogen-bond donors (Lipinski definition) is 5. The minimum atomic E-state index is -4.61. The normalized spacial score (nSPS) is 10.0. The first kappa shape index (κ1) is 9.34. The number of rotatable bonds is 0. The SMILES string of the molecule is O[Si](O)(O)O.c1cc[nH]c1. The molecule has 0 bridgehead atoms. The summed E-state index contributed by atoms with van der Waals surface area (Å²) in [5.74, 6) is 0. The zero-order valence-electron chi connectivity index (χ0n) is 5.10. The van der Waals surface area contributed by atoms with Crippen LogP contribution < -0.4 is 0 Å². The fraction of sp³-hybridized carbons (Fsp3) is 0. The van der Waals surface area contributed by atoms with Crippen molar-refractivity contribution in [1.29, 1.82) is 0 Å². The van der Waals surface area contributed by atoms with Gasteiger partial charge in [0.1, 0.15) is 0 Å². The molecule has 1 aromatic heterocycles. The summed E-state index contributed by atoms with van der Waals surface area (Å²) < 4.78 is 0. The highest BCUT2D eigenvalue weighted by Gasteiger charge is 2.22. The molecule has 1 aromatic rings. The van der Waals surface area contributed by atoms with Crippen molar-refractivity contribution in [2.24, 2.45) is 0 Å². The maximum atomic E-state index is 7.33. The highest BCUT2D eigenvalue weighted by Crippen LogP contribution is 1.72. The maximum absolute atomic E-state index is 7.33. The lowest BCUT2D eigenvalue weighted by Crippen LogP contribution is -2.33. The van der Waals surface area contributed by atoms with Crippen molar-refractivity contribution in [2.75, 3.05) is 0 Å². The van der Waals surface area contributed by atoms with Gasteiger partial charge >= 0.3 is 9.05 Å². The first-order valence-corrected chi connectivity index (χ1v) is 4.26. The fourth-order valence-corrected chi connectivity index (χ4v) is 0.278. The highest BCUT2D eigenvalue weighted by molar-refractivity contribution is 6.46. The molecule has 10 heavy (non-hydrogen) atoms. The van der Waals surface area contributed by atoms with E-state index in [0.717, 1.165) is 0 Å². The Bertz CT molecular complexity index is 124. The standard InChI is InChI=1S/C4H5N.H4O4Si/c1-2-4-5-3-1;1-5(2,3)4/h1-5H;1-4H. The van der Waals surface area contributed by atoms with Gasteiger partial charge in [-0.25, -0.2) is 0 Å². The molecule has 0 saturated heterocycles. The smallest absolute Gasteiger partial charge is 0.368 e. The molecule has 0 spiro atoms. The zero-order valence-corrected chi connectivity index (χ0v) is 6.10. The van der Waals surface area contributed by atoms with Crippen LogP contribution in [-0.2, 0) is 0 Å². The van der Waals surface area contributed by atoms with Crippen molar-refractivity contribution in [3.05, 3.63) is 24.5 Å². The summed E-state index contributed by atoms with van der Waals surface area (Å²) in [6.45, 7) is 0. The van der Waals surface area contributed by atoms with Gasteiger partial charge in [0.2, 0.25) is 0 Å². The monoisotopic (exact) mass is 163 g/mol. The van der Waals surface area contributed by atoms with Crippen LogP contribution in [0.15, 0.2) is 24.5 Å². The van der Waals surface area contributed by atoms with Crippen molar-refractivity contribution >= 4 is 9.05 Å². The third kappa shape index (κ3) is 15.7. The Balaban J connectivity index is 0.000000162. The lowest BCUT2D eigenvalue weighted by atomic mass is 10.7. The second-order valence-electron chi connectivity index (χ2n) is 1.48.